The van der Waals surface area contributed by atoms with Crippen molar-refractivity contribution in [3.8, 4) is 5.75 Å². The number of ether oxygens (including phenoxy) is 1. The van der Waals surface area contributed by atoms with Gasteiger partial charge in [0.05, 0.1) is 5.69 Å². The molecule has 1 aliphatic heterocycles. The molecule has 2 rings (SSSR count). The number of phenolic OH excluding ortho intramolecular Hbond substituents is 1. The first-order chi connectivity index (χ1) is 6.20. The van der Waals surface area contributed by atoms with Gasteiger partial charge in [-0.15, -0.1) is 0 Å². The van der Waals surface area contributed by atoms with E-state index < -0.39 is 6.09 Å². The van der Waals surface area contributed by atoms with Gasteiger partial charge in [0.15, 0.2) is 0 Å². The second-order valence-electron chi connectivity index (χ2n) is 2.90. The zero-order valence-corrected chi connectivity index (χ0v) is 7.15. The fourth-order valence-corrected chi connectivity index (χ4v) is 1.41. The molecule has 0 unspecified atom stereocenters. The third-order valence-corrected chi connectivity index (χ3v) is 2.06. The molecular formula is C9H9NO3. The summed E-state index contributed by atoms with van der Waals surface area (Å²) in [5.74, 6) is 0.108. The average molecular weight is 179 g/mol. The van der Waals surface area contributed by atoms with Crippen molar-refractivity contribution in [1.29, 1.82) is 0 Å². The molecule has 1 amide bonds. The van der Waals surface area contributed by atoms with Gasteiger partial charge in [0, 0.05) is 12.6 Å². The zero-order chi connectivity index (χ0) is 9.42. The number of para-hydroxylation sites is 1. The molecule has 1 heterocycles. The van der Waals surface area contributed by atoms with E-state index in [4.69, 9.17) is 4.74 Å². The van der Waals surface area contributed by atoms with Gasteiger partial charge in [-0.25, -0.2) is 4.79 Å². The number of amides is 1. The lowest BCUT2D eigenvalue weighted by Gasteiger charge is -2.25. The fourth-order valence-electron chi connectivity index (χ4n) is 1.41. The third kappa shape index (κ3) is 1.11. The molecule has 1 N–H and O–H groups in total. The molecule has 0 fully saturated rings. The first kappa shape index (κ1) is 7.91. The summed E-state index contributed by atoms with van der Waals surface area (Å²) in [6.07, 6.45) is -0.436. The van der Waals surface area contributed by atoms with E-state index in [2.05, 4.69) is 0 Å². The van der Waals surface area contributed by atoms with Gasteiger partial charge in [-0.1, -0.05) is 12.1 Å². The predicted octanol–water partition coefficient (Wildman–Crippen LogP) is 1.48. The average Bonchev–Trinajstić information content (AvgIpc) is 2.12. The lowest BCUT2D eigenvalue weighted by Crippen LogP contribution is -2.31. The van der Waals surface area contributed by atoms with Crippen molar-refractivity contribution in [3.05, 3.63) is 23.8 Å². The molecule has 0 saturated carbocycles. The van der Waals surface area contributed by atoms with Crippen LogP contribution >= 0.6 is 0 Å². The van der Waals surface area contributed by atoms with E-state index in [1.54, 1.807) is 19.2 Å². The van der Waals surface area contributed by atoms with E-state index in [-0.39, 0.29) is 12.4 Å². The van der Waals surface area contributed by atoms with Crippen LogP contribution in [0, 0.1) is 0 Å². The molecule has 0 bridgehead atoms. The molecular weight excluding hydrogens is 170 g/mol. The number of phenols is 1. The standard InChI is InChI=1S/C9H9NO3/c1-10-8-6(5-13-9(10)12)3-2-4-7(8)11/h2-4,11H,5H2,1H3. The smallest absolute Gasteiger partial charge is 0.414 e. The summed E-state index contributed by atoms with van der Waals surface area (Å²) in [5, 5.41) is 9.50. The Balaban J connectivity index is 2.57. The number of carbonyl (C=O) groups excluding carboxylic acids is 1. The molecule has 4 heteroatoms. The number of anilines is 1. The molecule has 0 aliphatic carbocycles. The number of cyclic esters (lactones) is 1. The first-order valence-corrected chi connectivity index (χ1v) is 3.91. The number of benzene rings is 1. The lowest BCUT2D eigenvalue weighted by molar-refractivity contribution is 0.143. The Bertz CT molecular complexity index is 362. The van der Waals surface area contributed by atoms with Crippen LogP contribution in [0.3, 0.4) is 0 Å². The van der Waals surface area contributed by atoms with E-state index in [0.29, 0.717) is 5.69 Å². The minimum atomic E-state index is -0.436. The zero-order valence-electron chi connectivity index (χ0n) is 7.15. The Morgan fingerprint density at radius 3 is 3.08 bits per heavy atom. The first-order valence-electron chi connectivity index (χ1n) is 3.91. The summed E-state index contributed by atoms with van der Waals surface area (Å²) in [6.45, 7) is 0.229. The molecule has 0 atom stereocenters. The van der Waals surface area contributed by atoms with Gasteiger partial charge in [0.25, 0.3) is 0 Å². The number of aromatic hydroxyl groups is 1. The number of hydrogen-bond acceptors (Lipinski definition) is 3. The fraction of sp³-hybridized carbons (Fsp3) is 0.222. The Hall–Kier alpha value is -1.71. The van der Waals surface area contributed by atoms with E-state index in [1.165, 1.54) is 4.90 Å². The summed E-state index contributed by atoms with van der Waals surface area (Å²) < 4.78 is 4.85. The van der Waals surface area contributed by atoms with Crippen molar-refractivity contribution in [1.82, 2.24) is 0 Å². The number of carbonyl (C=O) groups is 1. The molecule has 13 heavy (non-hydrogen) atoms. The summed E-state index contributed by atoms with van der Waals surface area (Å²) in [7, 11) is 1.57. The molecule has 0 spiro atoms. The maximum Gasteiger partial charge on any atom is 0.414 e. The third-order valence-electron chi connectivity index (χ3n) is 2.06. The predicted molar refractivity (Wildman–Crippen MR) is 46.7 cm³/mol. The SMILES string of the molecule is CN1C(=O)OCc2cccc(O)c21. The molecule has 4 nitrogen and oxygen atoms in total. The van der Waals surface area contributed by atoms with E-state index >= 15 is 0 Å². The van der Waals surface area contributed by atoms with Gasteiger partial charge in [-0.3, -0.25) is 4.90 Å². The quantitative estimate of drug-likeness (QED) is 0.656. The lowest BCUT2D eigenvalue weighted by atomic mass is 10.1. The Morgan fingerprint density at radius 1 is 1.54 bits per heavy atom. The molecule has 1 aliphatic rings. The van der Waals surface area contributed by atoms with Crippen LogP contribution in [-0.2, 0) is 11.3 Å². The normalized spacial score (nSPS) is 15.2. The Morgan fingerprint density at radius 2 is 2.31 bits per heavy atom. The van der Waals surface area contributed by atoms with Crippen LogP contribution in [0.4, 0.5) is 10.5 Å². The monoisotopic (exact) mass is 179 g/mol. The van der Waals surface area contributed by atoms with Gasteiger partial charge in [-0.2, -0.15) is 0 Å². The van der Waals surface area contributed by atoms with Crippen molar-refractivity contribution in [3.63, 3.8) is 0 Å². The van der Waals surface area contributed by atoms with Crippen LogP contribution in [-0.4, -0.2) is 18.2 Å². The van der Waals surface area contributed by atoms with Crippen molar-refractivity contribution >= 4 is 11.8 Å². The van der Waals surface area contributed by atoms with E-state index in [9.17, 15) is 9.90 Å². The van der Waals surface area contributed by atoms with Crippen molar-refractivity contribution in [2.75, 3.05) is 11.9 Å². The van der Waals surface area contributed by atoms with Crippen LogP contribution in [0.2, 0.25) is 0 Å². The van der Waals surface area contributed by atoms with Crippen molar-refractivity contribution in [2.45, 2.75) is 6.61 Å². The number of fused-ring (bicyclic) bond motifs is 1. The second kappa shape index (κ2) is 2.65. The summed E-state index contributed by atoms with van der Waals surface area (Å²) in [4.78, 5) is 12.4. The largest absolute Gasteiger partial charge is 0.506 e. The number of nitrogens with zero attached hydrogens (tertiary/aromatic N) is 1. The summed E-state index contributed by atoms with van der Waals surface area (Å²) in [6, 6.07) is 5.09. The highest BCUT2D eigenvalue weighted by molar-refractivity contribution is 5.91. The molecule has 68 valence electrons. The Kier molecular flexibility index (Phi) is 1.62. The number of hydrogen-bond donors (Lipinski definition) is 1. The van der Waals surface area contributed by atoms with Crippen LogP contribution in [0.1, 0.15) is 5.56 Å². The van der Waals surface area contributed by atoms with Gasteiger partial charge < -0.3 is 9.84 Å². The molecule has 0 saturated heterocycles. The minimum absolute atomic E-state index is 0.108. The highest BCUT2D eigenvalue weighted by atomic mass is 16.6. The van der Waals surface area contributed by atoms with E-state index in [0.717, 1.165) is 5.56 Å². The van der Waals surface area contributed by atoms with Crippen LogP contribution in [0.15, 0.2) is 18.2 Å². The summed E-state index contributed by atoms with van der Waals surface area (Å²) in [5.41, 5.74) is 1.36. The summed E-state index contributed by atoms with van der Waals surface area (Å²) >= 11 is 0. The molecule has 1 aromatic carbocycles. The van der Waals surface area contributed by atoms with Crippen LogP contribution in [0.25, 0.3) is 0 Å². The maximum atomic E-state index is 11.1. The van der Waals surface area contributed by atoms with Crippen molar-refractivity contribution < 1.29 is 14.6 Å². The van der Waals surface area contributed by atoms with Gasteiger partial charge >= 0.3 is 6.09 Å². The molecule has 1 aromatic rings. The topological polar surface area (TPSA) is 49.8 Å². The second-order valence-corrected chi connectivity index (χ2v) is 2.90. The van der Waals surface area contributed by atoms with Crippen molar-refractivity contribution in [2.24, 2.45) is 0 Å². The van der Waals surface area contributed by atoms with Gasteiger partial charge in [0.2, 0.25) is 0 Å². The number of rotatable bonds is 0. The highest BCUT2D eigenvalue weighted by Gasteiger charge is 2.24. The minimum Gasteiger partial charge on any atom is -0.506 e. The van der Waals surface area contributed by atoms with Crippen LogP contribution < -0.4 is 4.90 Å². The van der Waals surface area contributed by atoms with Crippen LogP contribution in [0.5, 0.6) is 5.75 Å². The van der Waals surface area contributed by atoms with Gasteiger partial charge in [-0.05, 0) is 6.07 Å². The Labute approximate surface area is 75.3 Å². The molecule has 0 radical (unpaired) electrons. The highest BCUT2D eigenvalue weighted by Crippen LogP contribution is 2.33. The van der Waals surface area contributed by atoms with E-state index in [1.807, 2.05) is 6.07 Å². The van der Waals surface area contributed by atoms with Gasteiger partial charge in [0.1, 0.15) is 12.4 Å². The maximum absolute atomic E-state index is 11.1. The molecule has 0 aromatic heterocycles.